The van der Waals surface area contributed by atoms with Crippen LogP contribution in [-0.2, 0) is 27.2 Å². The third kappa shape index (κ3) is 3.99. The van der Waals surface area contributed by atoms with Gasteiger partial charge in [-0.2, -0.15) is 0 Å². The molecule has 3 heterocycles. The van der Waals surface area contributed by atoms with Crippen molar-refractivity contribution < 1.29 is 23.5 Å². The SMILES string of the molecule is COC(=O)N1CCO[C@@H](Cn2c(-c3c(F)cc4c(c3Cl)CCC(=O)N4)nc3cc(C)ccc32)C1. The van der Waals surface area contributed by atoms with Gasteiger partial charge in [0.2, 0.25) is 5.91 Å². The van der Waals surface area contributed by atoms with Gasteiger partial charge in [-0.15, -0.1) is 0 Å². The second kappa shape index (κ2) is 8.88. The van der Waals surface area contributed by atoms with Gasteiger partial charge < -0.3 is 24.3 Å². The molecule has 0 radical (unpaired) electrons. The van der Waals surface area contributed by atoms with Crippen LogP contribution in [0.3, 0.4) is 0 Å². The molecule has 34 heavy (non-hydrogen) atoms. The first kappa shape index (κ1) is 22.6. The minimum Gasteiger partial charge on any atom is -0.453 e. The lowest BCUT2D eigenvalue weighted by molar-refractivity contribution is -0.116. The molecule has 1 aromatic heterocycles. The number of carbonyl (C=O) groups is 2. The van der Waals surface area contributed by atoms with Crippen LogP contribution in [0.4, 0.5) is 14.9 Å². The highest BCUT2D eigenvalue weighted by Gasteiger charge is 2.29. The lowest BCUT2D eigenvalue weighted by Crippen LogP contribution is -2.47. The molecule has 1 fully saturated rings. The minimum atomic E-state index is -0.569. The lowest BCUT2D eigenvalue weighted by Gasteiger charge is -2.32. The quantitative estimate of drug-likeness (QED) is 0.601. The van der Waals surface area contributed by atoms with Crippen molar-refractivity contribution in [2.24, 2.45) is 0 Å². The van der Waals surface area contributed by atoms with E-state index in [-0.39, 0.29) is 29.0 Å². The number of aryl methyl sites for hydroxylation is 1. The van der Waals surface area contributed by atoms with Crippen molar-refractivity contribution in [3.05, 3.63) is 46.2 Å². The van der Waals surface area contributed by atoms with E-state index in [2.05, 4.69) is 5.32 Å². The number of carbonyl (C=O) groups excluding carboxylic acids is 2. The fourth-order valence-electron chi connectivity index (χ4n) is 4.62. The molecule has 2 aliphatic rings. The molecule has 1 saturated heterocycles. The highest BCUT2D eigenvalue weighted by Crippen LogP contribution is 2.40. The number of halogens is 2. The number of nitrogens with one attached hydrogen (secondary N) is 1. The smallest absolute Gasteiger partial charge is 0.409 e. The van der Waals surface area contributed by atoms with E-state index in [1.165, 1.54) is 13.2 Å². The molecule has 0 unspecified atom stereocenters. The van der Waals surface area contributed by atoms with Gasteiger partial charge in [0.25, 0.3) is 0 Å². The van der Waals surface area contributed by atoms with Crippen molar-refractivity contribution in [1.29, 1.82) is 0 Å². The van der Waals surface area contributed by atoms with Gasteiger partial charge in [-0.1, -0.05) is 17.7 Å². The number of amides is 2. The maximum absolute atomic E-state index is 15.4. The van der Waals surface area contributed by atoms with Crippen LogP contribution in [0, 0.1) is 12.7 Å². The number of imidazole rings is 1. The van der Waals surface area contributed by atoms with Crippen molar-refractivity contribution in [2.45, 2.75) is 32.4 Å². The van der Waals surface area contributed by atoms with E-state index in [1.807, 2.05) is 29.7 Å². The highest BCUT2D eigenvalue weighted by molar-refractivity contribution is 6.34. The molecule has 2 aliphatic heterocycles. The Hall–Kier alpha value is -3.17. The van der Waals surface area contributed by atoms with E-state index in [4.69, 9.17) is 26.1 Å². The van der Waals surface area contributed by atoms with Crippen molar-refractivity contribution >= 4 is 40.3 Å². The second-order valence-electron chi connectivity index (χ2n) is 8.57. The molecule has 10 heteroatoms. The van der Waals surface area contributed by atoms with E-state index >= 15 is 4.39 Å². The average Bonchev–Trinajstić information content (AvgIpc) is 3.15. The Morgan fingerprint density at radius 2 is 2.18 bits per heavy atom. The van der Waals surface area contributed by atoms with Gasteiger partial charge >= 0.3 is 6.09 Å². The van der Waals surface area contributed by atoms with E-state index in [0.29, 0.717) is 55.3 Å². The maximum atomic E-state index is 15.4. The van der Waals surface area contributed by atoms with Crippen LogP contribution in [0.1, 0.15) is 17.5 Å². The number of aromatic nitrogens is 2. The van der Waals surface area contributed by atoms with Crippen LogP contribution >= 0.6 is 11.6 Å². The van der Waals surface area contributed by atoms with Gasteiger partial charge in [0.1, 0.15) is 11.6 Å². The highest BCUT2D eigenvalue weighted by atomic mass is 35.5. The topological polar surface area (TPSA) is 85.7 Å². The Balaban J connectivity index is 1.61. The third-order valence-corrected chi connectivity index (χ3v) is 6.70. The van der Waals surface area contributed by atoms with Crippen molar-refractivity contribution in [1.82, 2.24) is 14.5 Å². The Bertz CT molecular complexity index is 1310. The van der Waals surface area contributed by atoms with Gasteiger partial charge in [-0.25, -0.2) is 14.2 Å². The van der Waals surface area contributed by atoms with Crippen molar-refractivity contribution in [3.8, 4) is 11.4 Å². The molecule has 1 atom stereocenters. The summed E-state index contributed by atoms with van der Waals surface area (Å²) in [6.07, 6.45) is -0.0476. The number of methoxy groups -OCH3 is 1. The van der Waals surface area contributed by atoms with Crippen LogP contribution in [0.25, 0.3) is 22.4 Å². The van der Waals surface area contributed by atoms with E-state index in [1.54, 1.807) is 4.90 Å². The fraction of sp³-hybridized carbons (Fsp3) is 0.375. The summed E-state index contributed by atoms with van der Waals surface area (Å²) < 4.78 is 28.1. The maximum Gasteiger partial charge on any atom is 0.409 e. The van der Waals surface area contributed by atoms with Crippen molar-refractivity contribution in [2.75, 3.05) is 32.1 Å². The van der Waals surface area contributed by atoms with Gasteiger partial charge in [0.05, 0.1) is 54.5 Å². The lowest BCUT2D eigenvalue weighted by atomic mass is 9.99. The first-order chi connectivity index (χ1) is 16.4. The van der Waals surface area contributed by atoms with Gasteiger partial charge in [0.15, 0.2) is 0 Å². The van der Waals surface area contributed by atoms with Gasteiger partial charge in [-0.05, 0) is 42.7 Å². The summed E-state index contributed by atoms with van der Waals surface area (Å²) in [5.41, 5.74) is 3.81. The van der Waals surface area contributed by atoms with E-state index < -0.39 is 11.9 Å². The van der Waals surface area contributed by atoms with Gasteiger partial charge in [-0.3, -0.25) is 4.79 Å². The largest absolute Gasteiger partial charge is 0.453 e. The summed E-state index contributed by atoms with van der Waals surface area (Å²) in [6.45, 7) is 3.45. The molecule has 5 rings (SSSR count). The number of rotatable bonds is 3. The molecule has 8 nitrogen and oxygen atoms in total. The molecular weight excluding hydrogens is 463 g/mol. The van der Waals surface area contributed by atoms with Crippen LogP contribution in [-0.4, -0.2) is 59.4 Å². The normalized spacial score (nSPS) is 18.1. The zero-order chi connectivity index (χ0) is 24.0. The number of morpholine rings is 1. The molecule has 1 N–H and O–H groups in total. The fourth-order valence-corrected chi connectivity index (χ4v) is 4.99. The van der Waals surface area contributed by atoms with Crippen LogP contribution < -0.4 is 5.32 Å². The zero-order valence-corrected chi connectivity index (χ0v) is 19.6. The number of fused-ring (bicyclic) bond motifs is 2. The first-order valence-electron chi connectivity index (χ1n) is 11.1. The molecule has 0 bridgehead atoms. The van der Waals surface area contributed by atoms with Gasteiger partial charge in [0, 0.05) is 18.7 Å². The molecule has 0 saturated carbocycles. The first-order valence-corrected chi connectivity index (χ1v) is 11.5. The molecular formula is C24H24ClFN4O4. The van der Waals surface area contributed by atoms with E-state index in [9.17, 15) is 9.59 Å². The molecule has 2 aromatic carbocycles. The summed E-state index contributed by atoms with van der Waals surface area (Å²) in [6, 6.07) is 7.14. The molecule has 2 amide bonds. The van der Waals surface area contributed by atoms with Crippen LogP contribution in [0.15, 0.2) is 24.3 Å². The number of hydrogen-bond donors (Lipinski definition) is 1. The number of benzene rings is 2. The Morgan fingerprint density at radius 3 is 2.97 bits per heavy atom. The standard InChI is InChI=1S/C24H24ClFN4O4/c1-13-3-5-19-18(9-13)28-23(30(19)12-14-11-29(7-8-34-14)24(32)33-2)21-16(26)10-17-15(22(21)25)4-6-20(31)27-17/h3,5,9-10,14H,4,6-8,11-12H2,1-2H3,(H,27,31)/t14-/m1/s1. The minimum absolute atomic E-state index is 0.164. The summed E-state index contributed by atoms with van der Waals surface area (Å²) in [7, 11) is 1.35. The number of hydrogen-bond acceptors (Lipinski definition) is 5. The molecule has 0 aliphatic carbocycles. The predicted octanol–water partition coefficient (Wildman–Crippen LogP) is 4.16. The molecule has 3 aromatic rings. The average molecular weight is 487 g/mol. The van der Waals surface area contributed by atoms with E-state index in [0.717, 1.165) is 11.1 Å². The third-order valence-electron chi connectivity index (χ3n) is 6.28. The summed E-state index contributed by atoms with van der Waals surface area (Å²) in [5, 5.41) is 2.94. The van der Waals surface area contributed by atoms with Crippen LogP contribution in [0.2, 0.25) is 5.02 Å². The van der Waals surface area contributed by atoms with Crippen molar-refractivity contribution in [3.63, 3.8) is 0 Å². The summed E-state index contributed by atoms with van der Waals surface area (Å²) in [5.74, 6) is -0.357. The molecule has 178 valence electrons. The summed E-state index contributed by atoms with van der Waals surface area (Å²) in [4.78, 5) is 30.2. The number of nitrogens with zero attached hydrogens (tertiary/aromatic N) is 3. The zero-order valence-electron chi connectivity index (χ0n) is 18.9. The Morgan fingerprint density at radius 1 is 1.35 bits per heavy atom. The number of anilines is 1. The summed E-state index contributed by atoms with van der Waals surface area (Å²) >= 11 is 6.73. The Kier molecular flexibility index (Phi) is 5.91. The second-order valence-corrected chi connectivity index (χ2v) is 8.95. The van der Waals surface area contributed by atoms with Crippen LogP contribution in [0.5, 0.6) is 0 Å². The molecule has 0 spiro atoms. The Labute approximate surface area is 200 Å². The predicted molar refractivity (Wildman–Crippen MR) is 126 cm³/mol. The monoisotopic (exact) mass is 486 g/mol. The number of ether oxygens (including phenoxy) is 2.